The average molecular weight is 447 g/mol. The standard InChI is InChI=1S/C22H30N4O4S/c1-25(31(2,27)28)15-21-12-22(13-21,14-21)16-30-17-6-7-18(23-11-17)19-8-9-24-26(19)20-5-3-4-10-29-20/h6-9,11,20H,3-5,10,12-16H2,1-2H3. The van der Waals surface area contributed by atoms with Crippen LogP contribution < -0.4 is 4.74 Å². The number of sulfonamides is 1. The number of hydrogen-bond acceptors (Lipinski definition) is 6. The maximum atomic E-state index is 11.7. The van der Waals surface area contributed by atoms with Crippen LogP contribution in [0.3, 0.4) is 0 Å². The Morgan fingerprint density at radius 1 is 1.23 bits per heavy atom. The Kier molecular flexibility index (Phi) is 5.10. The second-order valence-corrected chi connectivity index (χ2v) is 11.8. The van der Waals surface area contributed by atoms with Crippen molar-refractivity contribution in [2.75, 3.05) is 33.1 Å². The molecule has 0 N–H and O–H groups in total. The van der Waals surface area contributed by atoms with Crippen LogP contribution in [0.4, 0.5) is 0 Å². The highest BCUT2D eigenvalue weighted by Gasteiger charge is 2.68. The molecule has 31 heavy (non-hydrogen) atoms. The van der Waals surface area contributed by atoms with E-state index in [4.69, 9.17) is 9.47 Å². The molecule has 1 atom stereocenters. The summed E-state index contributed by atoms with van der Waals surface area (Å²) in [4.78, 5) is 4.60. The van der Waals surface area contributed by atoms with E-state index in [1.165, 1.54) is 10.6 Å². The van der Waals surface area contributed by atoms with Gasteiger partial charge in [0.2, 0.25) is 10.0 Å². The molecule has 3 aliphatic carbocycles. The summed E-state index contributed by atoms with van der Waals surface area (Å²) >= 11 is 0. The monoisotopic (exact) mass is 446 g/mol. The van der Waals surface area contributed by atoms with Crippen molar-refractivity contribution in [1.29, 1.82) is 0 Å². The van der Waals surface area contributed by atoms with Gasteiger partial charge in [0, 0.05) is 31.8 Å². The molecule has 6 rings (SSSR count). The number of aromatic nitrogens is 3. The first-order valence-corrected chi connectivity index (χ1v) is 12.8. The fourth-order valence-corrected chi connectivity index (χ4v) is 6.17. The van der Waals surface area contributed by atoms with Crippen LogP contribution in [0.15, 0.2) is 30.6 Å². The normalized spacial score (nSPS) is 30.0. The number of hydrogen-bond donors (Lipinski definition) is 0. The molecular formula is C22H30N4O4S. The van der Waals surface area contributed by atoms with Crippen LogP contribution in [0, 0.1) is 10.8 Å². The van der Waals surface area contributed by atoms with Crippen molar-refractivity contribution >= 4 is 10.0 Å². The molecule has 8 nitrogen and oxygen atoms in total. The molecule has 2 aromatic rings. The van der Waals surface area contributed by atoms with Crippen molar-refractivity contribution in [2.45, 2.75) is 44.8 Å². The lowest BCUT2D eigenvalue weighted by Gasteiger charge is -2.71. The van der Waals surface area contributed by atoms with Gasteiger partial charge in [0.15, 0.2) is 6.23 Å². The predicted molar refractivity (Wildman–Crippen MR) is 116 cm³/mol. The zero-order valence-corrected chi connectivity index (χ0v) is 19.0. The minimum Gasteiger partial charge on any atom is -0.491 e. The number of rotatable bonds is 8. The van der Waals surface area contributed by atoms with E-state index in [2.05, 4.69) is 10.1 Å². The van der Waals surface area contributed by atoms with E-state index in [9.17, 15) is 8.42 Å². The van der Waals surface area contributed by atoms with E-state index in [0.717, 1.165) is 62.3 Å². The van der Waals surface area contributed by atoms with E-state index in [0.29, 0.717) is 13.2 Å². The smallest absolute Gasteiger partial charge is 0.210 e. The SMILES string of the molecule is CN(CC12CC(COc3ccc(-c4ccnn4C4CCCCO4)nc3)(C1)C2)S(C)(=O)=O. The Morgan fingerprint density at radius 2 is 2.03 bits per heavy atom. The molecule has 1 saturated heterocycles. The first-order valence-electron chi connectivity index (χ1n) is 10.9. The second kappa shape index (κ2) is 7.56. The van der Waals surface area contributed by atoms with Gasteiger partial charge in [-0.25, -0.2) is 17.4 Å². The summed E-state index contributed by atoms with van der Waals surface area (Å²) in [7, 11) is -1.45. The minimum absolute atomic E-state index is 0.0187. The number of nitrogens with zero attached hydrogens (tertiary/aromatic N) is 4. The van der Waals surface area contributed by atoms with Crippen molar-refractivity contribution in [3.05, 3.63) is 30.6 Å². The third kappa shape index (κ3) is 3.99. The Bertz CT molecular complexity index is 1020. The van der Waals surface area contributed by atoms with Gasteiger partial charge in [0.1, 0.15) is 5.75 Å². The summed E-state index contributed by atoms with van der Waals surface area (Å²) in [5, 5.41) is 4.45. The van der Waals surface area contributed by atoms with E-state index >= 15 is 0 Å². The van der Waals surface area contributed by atoms with Crippen LogP contribution in [-0.2, 0) is 14.8 Å². The molecule has 2 aromatic heterocycles. The predicted octanol–water partition coefficient (Wildman–Crippen LogP) is 3.08. The van der Waals surface area contributed by atoms with E-state index < -0.39 is 10.0 Å². The molecule has 3 heterocycles. The van der Waals surface area contributed by atoms with Crippen molar-refractivity contribution in [2.24, 2.45) is 10.8 Å². The number of ether oxygens (including phenoxy) is 2. The Hall–Kier alpha value is -1.97. The Balaban J connectivity index is 1.16. The fourth-order valence-electron chi connectivity index (χ4n) is 5.66. The molecule has 1 unspecified atom stereocenters. The minimum atomic E-state index is -3.12. The molecule has 0 radical (unpaired) electrons. The van der Waals surface area contributed by atoms with E-state index in [-0.39, 0.29) is 17.1 Å². The van der Waals surface area contributed by atoms with Gasteiger partial charge in [0.05, 0.1) is 30.4 Å². The molecule has 4 fully saturated rings. The fraction of sp³-hybridized carbons (Fsp3) is 0.636. The van der Waals surface area contributed by atoms with Crippen LogP contribution in [0.5, 0.6) is 5.75 Å². The lowest BCUT2D eigenvalue weighted by atomic mass is 9.35. The lowest BCUT2D eigenvalue weighted by Crippen LogP contribution is -2.67. The van der Waals surface area contributed by atoms with Gasteiger partial charge in [-0.2, -0.15) is 5.10 Å². The average Bonchev–Trinajstić information content (AvgIpc) is 3.19. The van der Waals surface area contributed by atoms with Crippen molar-refractivity contribution in [3.63, 3.8) is 0 Å². The van der Waals surface area contributed by atoms with Crippen LogP contribution in [0.2, 0.25) is 0 Å². The van der Waals surface area contributed by atoms with Gasteiger partial charge in [-0.3, -0.25) is 4.98 Å². The zero-order valence-electron chi connectivity index (χ0n) is 18.2. The van der Waals surface area contributed by atoms with Crippen molar-refractivity contribution in [3.8, 4) is 17.1 Å². The zero-order chi connectivity index (χ0) is 21.7. The molecule has 3 saturated carbocycles. The Morgan fingerprint density at radius 3 is 2.68 bits per heavy atom. The van der Waals surface area contributed by atoms with Crippen LogP contribution in [-0.4, -0.2) is 60.5 Å². The topological polar surface area (TPSA) is 86.5 Å². The van der Waals surface area contributed by atoms with Gasteiger partial charge in [-0.05, 0) is 62.1 Å². The first kappa shape index (κ1) is 20.9. The molecule has 9 heteroatoms. The van der Waals surface area contributed by atoms with E-state index in [1.807, 2.05) is 22.9 Å². The second-order valence-electron chi connectivity index (χ2n) is 9.70. The number of pyridine rings is 1. The Labute approximate surface area is 183 Å². The molecule has 4 aliphatic rings. The maximum Gasteiger partial charge on any atom is 0.210 e. The summed E-state index contributed by atoms with van der Waals surface area (Å²) in [6, 6.07) is 5.89. The third-order valence-corrected chi connectivity index (χ3v) is 8.28. The van der Waals surface area contributed by atoms with E-state index in [1.54, 1.807) is 19.4 Å². The van der Waals surface area contributed by atoms with Gasteiger partial charge in [0.25, 0.3) is 0 Å². The molecule has 2 bridgehead atoms. The molecule has 0 amide bonds. The highest BCUT2D eigenvalue weighted by Crippen LogP contribution is 2.73. The molecule has 0 aromatic carbocycles. The maximum absolute atomic E-state index is 11.7. The summed E-state index contributed by atoms with van der Waals surface area (Å²) in [6.45, 7) is 2.05. The summed E-state index contributed by atoms with van der Waals surface area (Å²) < 4.78 is 38.6. The molecule has 1 aliphatic heterocycles. The highest BCUT2D eigenvalue weighted by atomic mass is 32.2. The van der Waals surface area contributed by atoms with Gasteiger partial charge in [-0.1, -0.05) is 0 Å². The summed E-state index contributed by atoms with van der Waals surface area (Å²) in [6.07, 6.45) is 11.1. The van der Waals surface area contributed by atoms with Crippen molar-refractivity contribution in [1.82, 2.24) is 19.1 Å². The third-order valence-electron chi connectivity index (χ3n) is 7.02. The van der Waals surface area contributed by atoms with Crippen LogP contribution in [0.25, 0.3) is 11.4 Å². The summed E-state index contributed by atoms with van der Waals surface area (Å²) in [5.74, 6) is 0.760. The lowest BCUT2D eigenvalue weighted by molar-refractivity contribution is -0.220. The largest absolute Gasteiger partial charge is 0.491 e. The van der Waals surface area contributed by atoms with Crippen LogP contribution in [0.1, 0.15) is 44.8 Å². The van der Waals surface area contributed by atoms with Crippen LogP contribution >= 0.6 is 0 Å². The van der Waals surface area contributed by atoms with Gasteiger partial charge >= 0.3 is 0 Å². The first-order chi connectivity index (χ1) is 14.8. The molecule has 168 valence electrons. The van der Waals surface area contributed by atoms with Crippen molar-refractivity contribution < 1.29 is 17.9 Å². The highest BCUT2D eigenvalue weighted by molar-refractivity contribution is 7.88. The quantitative estimate of drug-likeness (QED) is 0.619. The summed E-state index contributed by atoms with van der Waals surface area (Å²) in [5.41, 5.74) is 2.17. The van der Waals surface area contributed by atoms with Gasteiger partial charge in [-0.15, -0.1) is 0 Å². The molecular weight excluding hydrogens is 416 g/mol. The van der Waals surface area contributed by atoms with Gasteiger partial charge < -0.3 is 9.47 Å². The molecule has 0 spiro atoms.